The number of halogens is 1. The van der Waals surface area contributed by atoms with Crippen molar-refractivity contribution in [2.45, 2.75) is 31.1 Å². The van der Waals surface area contributed by atoms with Gasteiger partial charge in [0.1, 0.15) is 0 Å². The molecule has 1 aliphatic heterocycles. The largest absolute Gasteiger partial charge is 0.379 e. The van der Waals surface area contributed by atoms with Gasteiger partial charge >= 0.3 is 0 Å². The van der Waals surface area contributed by atoms with Gasteiger partial charge in [0.15, 0.2) is 0 Å². The van der Waals surface area contributed by atoms with E-state index in [4.69, 9.17) is 4.74 Å². The first-order valence-corrected chi connectivity index (χ1v) is 12.0. The summed E-state index contributed by atoms with van der Waals surface area (Å²) in [4.78, 5) is 14.7. The second-order valence-electron chi connectivity index (χ2n) is 8.32. The Morgan fingerprint density at radius 2 is 1.67 bits per heavy atom. The molecule has 3 rings (SSSR count). The maximum Gasteiger partial charge on any atom is 0.258 e. The molecule has 1 heterocycles. The van der Waals surface area contributed by atoms with E-state index < -0.39 is 10.0 Å². The molecule has 1 fully saturated rings. The van der Waals surface area contributed by atoms with Crippen LogP contribution in [0.15, 0.2) is 51.8 Å². The zero-order chi connectivity index (χ0) is 22.1. The summed E-state index contributed by atoms with van der Waals surface area (Å²) in [6.07, 6.45) is 0. The van der Waals surface area contributed by atoms with E-state index in [0.717, 1.165) is 5.69 Å². The molecule has 0 aromatic heterocycles. The van der Waals surface area contributed by atoms with E-state index >= 15 is 0 Å². The van der Waals surface area contributed by atoms with Crippen molar-refractivity contribution in [3.05, 3.63) is 58.1 Å². The van der Waals surface area contributed by atoms with Crippen molar-refractivity contribution in [1.29, 1.82) is 0 Å². The van der Waals surface area contributed by atoms with Crippen LogP contribution in [0.5, 0.6) is 0 Å². The van der Waals surface area contributed by atoms with Gasteiger partial charge in [0.2, 0.25) is 10.0 Å². The number of hydrogen-bond donors (Lipinski definition) is 0. The van der Waals surface area contributed by atoms with Gasteiger partial charge < -0.3 is 9.64 Å². The number of amides is 1. The zero-order valence-corrected chi connectivity index (χ0v) is 20.1. The Hall–Kier alpha value is -1.74. The Morgan fingerprint density at radius 3 is 2.23 bits per heavy atom. The molecule has 0 unspecified atom stereocenters. The Balaban J connectivity index is 1.89. The van der Waals surface area contributed by atoms with Crippen molar-refractivity contribution in [3.63, 3.8) is 0 Å². The molecule has 0 radical (unpaired) electrons. The number of nitrogens with zero attached hydrogens (tertiary/aromatic N) is 2. The Morgan fingerprint density at radius 1 is 1.07 bits per heavy atom. The van der Waals surface area contributed by atoms with E-state index in [1.807, 2.05) is 24.3 Å². The normalized spacial score (nSPS) is 15.8. The number of hydrogen-bond acceptors (Lipinski definition) is 4. The lowest BCUT2D eigenvalue weighted by Gasteiger charge is -2.27. The summed E-state index contributed by atoms with van der Waals surface area (Å²) in [5, 5.41) is 0. The summed E-state index contributed by atoms with van der Waals surface area (Å²) >= 11 is 3.33. The molecule has 0 atom stereocenters. The van der Waals surface area contributed by atoms with Gasteiger partial charge in [-0.25, -0.2) is 8.42 Å². The fraction of sp³-hybridized carbons (Fsp3) is 0.409. The third-order valence-corrected chi connectivity index (χ3v) is 8.08. The lowest BCUT2D eigenvalue weighted by molar-refractivity contribution is 0.0730. The van der Waals surface area contributed by atoms with E-state index in [-0.39, 0.29) is 16.2 Å². The SMILES string of the molecule is CN(C(=O)c1ccc(Br)c(S(=O)(=O)N2CCOCC2)c1)c1ccc(C(C)(C)C)cc1. The molecule has 1 aliphatic rings. The van der Waals surface area contributed by atoms with Crippen LogP contribution in [0.3, 0.4) is 0 Å². The maximum atomic E-state index is 13.1. The predicted molar refractivity (Wildman–Crippen MR) is 122 cm³/mol. The van der Waals surface area contributed by atoms with Crippen LogP contribution in [0.4, 0.5) is 5.69 Å². The number of sulfonamides is 1. The van der Waals surface area contributed by atoms with E-state index in [2.05, 4.69) is 36.7 Å². The van der Waals surface area contributed by atoms with Crippen molar-refractivity contribution in [3.8, 4) is 0 Å². The molecule has 6 nitrogen and oxygen atoms in total. The van der Waals surface area contributed by atoms with E-state index in [0.29, 0.717) is 36.3 Å². The van der Waals surface area contributed by atoms with E-state index in [1.165, 1.54) is 20.8 Å². The molecule has 8 heteroatoms. The number of morpholine rings is 1. The van der Waals surface area contributed by atoms with Crippen LogP contribution in [0.1, 0.15) is 36.7 Å². The van der Waals surface area contributed by atoms with Gasteiger partial charge in [-0.15, -0.1) is 0 Å². The molecule has 0 saturated carbocycles. The van der Waals surface area contributed by atoms with E-state index in [1.54, 1.807) is 19.2 Å². The van der Waals surface area contributed by atoms with Crippen molar-refractivity contribution in [1.82, 2.24) is 4.31 Å². The minimum absolute atomic E-state index is 0.0234. The van der Waals surface area contributed by atoms with Crippen LogP contribution < -0.4 is 4.90 Å². The molecule has 0 spiro atoms. The number of carbonyl (C=O) groups is 1. The van der Waals surface area contributed by atoms with Gasteiger partial charge in [-0.1, -0.05) is 32.9 Å². The van der Waals surface area contributed by atoms with Crippen LogP contribution in [0, 0.1) is 0 Å². The van der Waals surface area contributed by atoms with Crippen LogP contribution in [-0.2, 0) is 20.2 Å². The standard InChI is InChI=1S/C22H27BrN2O4S/c1-22(2,3)17-6-8-18(9-7-17)24(4)21(26)16-5-10-19(23)20(15-16)30(27,28)25-11-13-29-14-12-25/h5-10,15H,11-14H2,1-4H3. The maximum absolute atomic E-state index is 13.1. The summed E-state index contributed by atoms with van der Waals surface area (Å²) in [5.74, 6) is -0.274. The highest BCUT2D eigenvalue weighted by Crippen LogP contribution is 2.29. The molecule has 162 valence electrons. The fourth-order valence-corrected chi connectivity index (χ4v) is 5.61. The molecule has 0 bridgehead atoms. The number of carbonyl (C=O) groups excluding carboxylic acids is 1. The first kappa shape index (κ1) is 22.9. The number of rotatable bonds is 4. The molecule has 1 amide bonds. The lowest BCUT2D eigenvalue weighted by atomic mass is 9.87. The molecular weight excluding hydrogens is 468 g/mol. The lowest BCUT2D eigenvalue weighted by Crippen LogP contribution is -2.40. The summed E-state index contributed by atoms with van der Waals surface area (Å²) in [6, 6.07) is 12.5. The minimum atomic E-state index is -3.73. The first-order valence-electron chi connectivity index (χ1n) is 9.78. The van der Waals surface area contributed by atoms with Crippen molar-refractivity contribution < 1.29 is 17.9 Å². The van der Waals surface area contributed by atoms with Gasteiger partial charge in [0.25, 0.3) is 5.91 Å². The van der Waals surface area contributed by atoms with Crippen LogP contribution in [0.2, 0.25) is 0 Å². The van der Waals surface area contributed by atoms with Gasteiger partial charge in [0, 0.05) is 35.9 Å². The van der Waals surface area contributed by atoms with E-state index in [9.17, 15) is 13.2 Å². The average molecular weight is 495 g/mol. The van der Waals surface area contributed by atoms with Crippen molar-refractivity contribution >= 4 is 37.5 Å². The monoisotopic (exact) mass is 494 g/mol. The minimum Gasteiger partial charge on any atom is -0.379 e. The Bertz CT molecular complexity index is 1020. The molecular formula is C22H27BrN2O4S. The van der Waals surface area contributed by atoms with Gasteiger partial charge in [0.05, 0.1) is 18.1 Å². The summed E-state index contributed by atoms with van der Waals surface area (Å²) in [5.41, 5.74) is 2.26. The number of benzene rings is 2. The fourth-order valence-electron chi connectivity index (χ4n) is 3.26. The first-order chi connectivity index (χ1) is 14.0. The molecule has 0 N–H and O–H groups in total. The van der Waals surface area contributed by atoms with Crippen LogP contribution in [-0.4, -0.2) is 52.0 Å². The van der Waals surface area contributed by atoms with Crippen LogP contribution >= 0.6 is 15.9 Å². The number of anilines is 1. The second-order valence-corrected chi connectivity index (χ2v) is 11.1. The van der Waals surface area contributed by atoms with Gasteiger partial charge in [-0.3, -0.25) is 4.79 Å². The summed E-state index contributed by atoms with van der Waals surface area (Å²) in [7, 11) is -2.04. The third kappa shape index (κ3) is 4.77. The quantitative estimate of drug-likeness (QED) is 0.642. The van der Waals surface area contributed by atoms with Gasteiger partial charge in [-0.05, 0) is 57.2 Å². The van der Waals surface area contributed by atoms with Crippen molar-refractivity contribution in [2.24, 2.45) is 0 Å². The molecule has 0 aliphatic carbocycles. The highest BCUT2D eigenvalue weighted by Gasteiger charge is 2.29. The zero-order valence-electron chi connectivity index (χ0n) is 17.7. The molecule has 1 saturated heterocycles. The van der Waals surface area contributed by atoms with Crippen molar-refractivity contribution in [2.75, 3.05) is 38.3 Å². The molecule has 2 aromatic carbocycles. The Labute approximate surface area is 187 Å². The third-order valence-electron chi connectivity index (χ3n) is 5.19. The highest BCUT2D eigenvalue weighted by molar-refractivity contribution is 9.10. The topological polar surface area (TPSA) is 66.9 Å². The summed E-state index contributed by atoms with van der Waals surface area (Å²) in [6.45, 7) is 7.73. The average Bonchev–Trinajstić information content (AvgIpc) is 2.73. The Kier molecular flexibility index (Phi) is 6.72. The summed E-state index contributed by atoms with van der Waals surface area (Å²) < 4.78 is 33.2. The molecule has 30 heavy (non-hydrogen) atoms. The smallest absolute Gasteiger partial charge is 0.258 e. The van der Waals surface area contributed by atoms with Crippen LogP contribution in [0.25, 0.3) is 0 Å². The highest BCUT2D eigenvalue weighted by atomic mass is 79.9. The second kappa shape index (κ2) is 8.78. The molecule has 2 aromatic rings. The predicted octanol–water partition coefficient (Wildman–Crippen LogP) is 4.04. The number of ether oxygens (including phenoxy) is 1. The van der Waals surface area contributed by atoms with Gasteiger partial charge in [-0.2, -0.15) is 4.31 Å².